The van der Waals surface area contributed by atoms with E-state index in [-0.39, 0.29) is 0 Å². The Morgan fingerprint density at radius 2 is 1.84 bits per heavy atom. The molecule has 0 aliphatic heterocycles. The zero-order chi connectivity index (χ0) is 15.2. The fraction of sp³-hybridized carbons (Fsp3) is 0.600. The molecular formula is C15H26BrFN2. The van der Waals surface area contributed by atoms with E-state index in [1.54, 1.807) is 6.07 Å². The van der Waals surface area contributed by atoms with Gasteiger partial charge in [0.05, 0.1) is 11.4 Å². The minimum absolute atomic E-state index is 0.587. The molecule has 0 fully saturated rings. The maximum Gasteiger partial charge on any atom is 0.131 e. The summed E-state index contributed by atoms with van der Waals surface area (Å²) in [5, 5.41) is 0. The molecule has 0 radical (unpaired) electrons. The lowest BCUT2D eigenvalue weighted by Crippen LogP contribution is -2.20. The first-order valence-corrected chi connectivity index (χ1v) is 7.56. The van der Waals surface area contributed by atoms with Crippen molar-refractivity contribution in [1.82, 2.24) is 0 Å². The second-order valence-electron chi connectivity index (χ2n) is 4.78. The highest BCUT2D eigenvalue weighted by molar-refractivity contribution is 9.10. The predicted octanol–water partition coefficient (Wildman–Crippen LogP) is 5.11. The Balaban J connectivity index is 0.00000154. The highest BCUT2D eigenvalue weighted by Gasteiger charge is 2.23. The van der Waals surface area contributed by atoms with Crippen LogP contribution < -0.4 is 10.6 Å². The second-order valence-corrected chi connectivity index (χ2v) is 5.64. The number of nitrogens with zero attached hydrogens (tertiary/aromatic N) is 1. The summed E-state index contributed by atoms with van der Waals surface area (Å²) in [5.74, 6) is 0. The van der Waals surface area contributed by atoms with Crippen LogP contribution in [0.2, 0.25) is 0 Å². The van der Waals surface area contributed by atoms with Crippen molar-refractivity contribution in [2.45, 2.75) is 46.7 Å². The zero-order valence-corrected chi connectivity index (χ0v) is 14.4. The van der Waals surface area contributed by atoms with Gasteiger partial charge in [-0.1, -0.05) is 36.7 Å². The minimum atomic E-state index is -1.39. The molecule has 0 aliphatic rings. The molecule has 0 amide bonds. The third-order valence-electron chi connectivity index (χ3n) is 2.73. The molecular weight excluding hydrogens is 307 g/mol. The molecule has 0 heterocycles. The molecule has 4 heteroatoms. The molecule has 0 spiro atoms. The molecule has 0 bridgehead atoms. The van der Waals surface area contributed by atoms with E-state index < -0.39 is 5.67 Å². The Morgan fingerprint density at radius 1 is 1.32 bits per heavy atom. The number of nitrogen functional groups attached to an aromatic ring is 1. The molecule has 1 aromatic rings. The lowest BCUT2D eigenvalue weighted by Gasteiger charge is -2.24. The SMILES string of the molecule is CC.CCCN(C)c1cc(Br)c(C(C)(C)F)cc1N. The summed E-state index contributed by atoms with van der Waals surface area (Å²) in [5.41, 5.74) is 6.73. The van der Waals surface area contributed by atoms with E-state index in [0.717, 1.165) is 23.1 Å². The van der Waals surface area contributed by atoms with Gasteiger partial charge in [0.1, 0.15) is 5.67 Å². The number of alkyl halides is 1. The van der Waals surface area contributed by atoms with E-state index in [9.17, 15) is 4.39 Å². The van der Waals surface area contributed by atoms with Crippen molar-refractivity contribution in [2.24, 2.45) is 0 Å². The van der Waals surface area contributed by atoms with Crippen LogP contribution in [-0.4, -0.2) is 13.6 Å². The van der Waals surface area contributed by atoms with Crippen molar-refractivity contribution in [2.75, 3.05) is 24.2 Å². The molecule has 0 aliphatic carbocycles. The van der Waals surface area contributed by atoms with Crippen molar-refractivity contribution in [3.8, 4) is 0 Å². The highest BCUT2D eigenvalue weighted by atomic mass is 79.9. The largest absolute Gasteiger partial charge is 0.397 e. The van der Waals surface area contributed by atoms with Crippen LogP contribution in [0.15, 0.2) is 16.6 Å². The van der Waals surface area contributed by atoms with Gasteiger partial charge in [-0.3, -0.25) is 0 Å². The Bertz CT molecular complexity index is 400. The fourth-order valence-corrected chi connectivity index (χ4v) is 2.62. The minimum Gasteiger partial charge on any atom is -0.397 e. The van der Waals surface area contributed by atoms with E-state index >= 15 is 0 Å². The van der Waals surface area contributed by atoms with Crippen LogP contribution in [0.3, 0.4) is 0 Å². The molecule has 19 heavy (non-hydrogen) atoms. The molecule has 0 saturated carbocycles. The van der Waals surface area contributed by atoms with E-state index in [1.807, 2.05) is 27.0 Å². The number of nitrogens with two attached hydrogens (primary N) is 1. The average Bonchev–Trinajstić information content (AvgIpc) is 2.33. The van der Waals surface area contributed by atoms with Gasteiger partial charge in [0.2, 0.25) is 0 Å². The van der Waals surface area contributed by atoms with Crippen LogP contribution in [0, 0.1) is 0 Å². The monoisotopic (exact) mass is 332 g/mol. The Labute approximate surface area is 125 Å². The molecule has 2 nitrogen and oxygen atoms in total. The Morgan fingerprint density at radius 3 is 2.26 bits per heavy atom. The molecule has 110 valence electrons. The van der Waals surface area contributed by atoms with Crippen LogP contribution in [0.4, 0.5) is 15.8 Å². The van der Waals surface area contributed by atoms with Crippen LogP contribution in [0.1, 0.15) is 46.6 Å². The van der Waals surface area contributed by atoms with Gasteiger partial charge in [0.15, 0.2) is 0 Å². The molecule has 0 unspecified atom stereocenters. The summed E-state index contributed by atoms with van der Waals surface area (Å²) < 4.78 is 14.7. The van der Waals surface area contributed by atoms with Gasteiger partial charge < -0.3 is 10.6 Å². The standard InChI is InChI=1S/C13H20BrFN2.C2H6/c1-5-6-17(4)12-8-10(14)9(7-11(12)16)13(2,3)15;1-2/h7-8H,5-6,16H2,1-4H3;1-2H3. The average molecular weight is 333 g/mol. The summed E-state index contributed by atoms with van der Waals surface area (Å²) in [7, 11) is 1.99. The van der Waals surface area contributed by atoms with Crippen LogP contribution in [0.5, 0.6) is 0 Å². The summed E-state index contributed by atoms with van der Waals surface area (Å²) in [6.45, 7) is 10.1. The number of hydrogen-bond donors (Lipinski definition) is 1. The van der Waals surface area contributed by atoms with Crippen LogP contribution in [-0.2, 0) is 5.67 Å². The first kappa shape index (κ1) is 18.2. The van der Waals surface area contributed by atoms with Gasteiger partial charge in [-0.15, -0.1) is 0 Å². The van der Waals surface area contributed by atoms with Crippen molar-refractivity contribution >= 4 is 27.3 Å². The normalized spacial score (nSPS) is 10.7. The van der Waals surface area contributed by atoms with Crippen LogP contribution >= 0.6 is 15.9 Å². The maximum atomic E-state index is 13.9. The summed E-state index contributed by atoms with van der Waals surface area (Å²) >= 11 is 3.41. The lowest BCUT2D eigenvalue weighted by atomic mass is 9.99. The third-order valence-corrected chi connectivity index (χ3v) is 3.38. The lowest BCUT2D eigenvalue weighted by molar-refractivity contribution is 0.220. The zero-order valence-electron chi connectivity index (χ0n) is 12.8. The molecule has 2 N–H and O–H groups in total. The summed E-state index contributed by atoms with van der Waals surface area (Å²) in [6, 6.07) is 3.60. The molecule has 1 aromatic carbocycles. The van der Waals surface area contributed by atoms with E-state index in [2.05, 4.69) is 27.8 Å². The summed E-state index contributed by atoms with van der Waals surface area (Å²) in [4.78, 5) is 2.08. The Hall–Kier alpha value is -0.770. The van der Waals surface area contributed by atoms with E-state index in [0.29, 0.717) is 11.3 Å². The van der Waals surface area contributed by atoms with Crippen LogP contribution in [0.25, 0.3) is 0 Å². The van der Waals surface area contributed by atoms with Gasteiger partial charge in [0.25, 0.3) is 0 Å². The molecule has 0 aromatic heterocycles. The van der Waals surface area contributed by atoms with Gasteiger partial charge in [-0.2, -0.15) is 0 Å². The number of rotatable bonds is 4. The third kappa shape index (κ3) is 5.01. The quantitative estimate of drug-likeness (QED) is 0.776. The fourth-order valence-electron chi connectivity index (χ4n) is 1.82. The van der Waals surface area contributed by atoms with Gasteiger partial charge in [-0.25, -0.2) is 4.39 Å². The first-order valence-electron chi connectivity index (χ1n) is 6.77. The van der Waals surface area contributed by atoms with E-state index in [4.69, 9.17) is 5.73 Å². The topological polar surface area (TPSA) is 29.3 Å². The molecule has 0 atom stereocenters. The smallest absolute Gasteiger partial charge is 0.131 e. The predicted molar refractivity (Wildman–Crippen MR) is 87.6 cm³/mol. The van der Waals surface area contributed by atoms with Crippen molar-refractivity contribution < 1.29 is 4.39 Å². The summed E-state index contributed by atoms with van der Waals surface area (Å²) in [6.07, 6.45) is 1.05. The van der Waals surface area contributed by atoms with Crippen molar-refractivity contribution in [1.29, 1.82) is 0 Å². The van der Waals surface area contributed by atoms with E-state index in [1.165, 1.54) is 13.8 Å². The second kappa shape index (κ2) is 7.73. The van der Waals surface area contributed by atoms with Crippen molar-refractivity contribution in [3.63, 3.8) is 0 Å². The van der Waals surface area contributed by atoms with Crippen molar-refractivity contribution in [3.05, 3.63) is 22.2 Å². The number of halogens is 2. The van der Waals surface area contributed by atoms with Gasteiger partial charge in [-0.05, 0) is 32.4 Å². The first-order chi connectivity index (χ1) is 8.77. The number of benzene rings is 1. The molecule has 1 rings (SSSR count). The number of hydrogen-bond acceptors (Lipinski definition) is 2. The Kier molecular flexibility index (Phi) is 7.42. The maximum absolute atomic E-state index is 13.9. The van der Waals surface area contributed by atoms with Gasteiger partial charge >= 0.3 is 0 Å². The van der Waals surface area contributed by atoms with Gasteiger partial charge in [0, 0.05) is 23.6 Å². The highest BCUT2D eigenvalue weighted by Crippen LogP contribution is 2.37. The number of anilines is 2. The molecule has 0 saturated heterocycles.